The lowest BCUT2D eigenvalue weighted by molar-refractivity contribution is 0.0929. The first-order valence-corrected chi connectivity index (χ1v) is 11.8. The Kier molecular flexibility index (Phi) is 7.53. The highest BCUT2D eigenvalue weighted by atomic mass is 16.5. The van der Waals surface area contributed by atoms with E-state index >= 15 is 0 Å². The molecule has 185 valence electrons. The summed E-state index contributed by atoms with van der Waals surface area (Å²) in [6.45, 7) is 1.86. The summed E-state index contributed by atoms with van der Waals surface area (Å²) < 4.78 is 12.1. The molecule has 3 aromatic rings. The summed E-state index contributed by atoms with van der Waals surface area (Å²) in [5.41, 5.74) is 13.6. The minimum atomic E-state index is -0.188. The molecule has 1 amide bonds. The van der Waals surface area contributed by atoms with Crippen LogP contribution in [0.2, 0.25) is 0 Å². The van der Waals surface area contributed by atoms with E-state index in [0.29, 0.717) is 39.7 Å². The molecule has 0 spiro atoms. The van der Waals surface area contributed by atoms with Gasteiger partial charge in [-0.2, -0.15) is 0 Å². The Morgan fingerprint density at radius 3 is 2.00 bits per heavy atom. The number of benzene rings is 3. The third kappa shape index (κ3) is 6.21. The molecule has 0 unspecified atom stereocenters. The van der Waals surface area contributed by atoms with Crippen molar-refractivity contribution in [3.63, 3.8) is 0 Å². The van der Waals surface area contributed by atoms with Crippen molar-refractivity contribution in [2.45, 2.75) is 38.6 Å². The Balaban J connectivity index is 1.61. The number of aryl methyl sites for hydroxylation is 1. The standard InChI is InChI=1S/C28H30N5O3/c1-17-13-22(11-12-25(17)27(31)32)36-24-15-19(28(34)33-20-5-3-2-4-6-20)14-23(16-24)35-21-9-7-18(8-10-21)26(29)30/h2,7-16,20H,3-6H2,1H3,(H3,29,30)(H3,31,32)(H,33,34). The van der Waals surface area contributed by atoms with E-state index in [2.05, 4.69) is 11.7 Å². The number of nitrogens with one attached hydrogen (secondary N) is 3. The lowest BCUT2D eigenvalue weighted by Gasteiger charge is -2.23. The molecule has 1 radical (unpaired) electrons. The largest absolute Gasteiger partial charge is 0.457 e. The number of amides is 1. The van der Waals surface area contributed by atoms with E-state index in [1.807, 2.05) is 6.92 Å². The van der Waals surface area contributed by atoms with Gasteiger partial charge in [0.15, 0.2) is 0 Å². The summed E-state index contributed by atoms with van der Waals surface area (Å²) >= 11 is 0. The molecule has 1 fully saturated rings. The van der Waals surface area contributed by atoms with Crippen molar-refractivity contribution in [3.8, 4) is 23.0 Å². The lowest BCUT2D eigenvalue weighted by Crippen LogP contribution is -2.36. The van der Waals surface area contributed by atoms with E-state index in [0.717, 1.165) is 31.2 Å². The van der Waals surface area contributed by atoms with Crippen molar-refractivity contribution in [1.29, 1.82) is 10.8 Å². The van der Waals surface area contributed by atoms with Gasteiger partial charge in [0.2, 0.25) is 0 Å². The predicted octanol–water partition coefficient (Wildman–Crippen LogP) is 5.02. The monoisotopic (exact) mass is 484 g/mol. The minimum absolute atomic E-state index is 0.00971. The third-order valence-electron chi connectivity index (χ3n) is 6.04. The molecule has 0 aliphatic heterocycles. The Labute approximate surface area is 210 Å². The van der Waals surface area contributed by atoms with Crippen molar-refractivity contribution in [3.05, 3.63) is 89.3 Å². The van der Waals surface area contributed by atoms with Gasteiger partial charge in [-0.25, -0.2) is 0 Å². The maximum absolute atomic E-state index is 13.1. The number of ether oxygens (including phenoxy) is 2. The zero-order chi connectivity index (χ0) is 25.7. The number of rotatable bonds is 8. The van der Waals surface area contributed by atoms with Gasteiger partial charge in [0, 0.05) is 28.8 Å². The van der Waals surface area contributed by atoms with Gasteiger partial charge < -0.3 is 26.3 Å². The van der Waals surface area contributed by atoms with Gasteiger partial charge in [-0.15, -0.1) is 0 Å². The molecule has 7 N–H and O–H groups in total. The van der Waals surface area contributed by atoms with Gasteiger partial charge in [-0.3, -0.25) is 15.6 Å². The van der Waals surface area contributed by atoms with Crippen LogP contribution in [0.5, 0.6) is 23.0 Å². The molecule has 8 nitrogen and oxygen atoms in total. The molecular weight excluding hydrogens is 454 g/mol. The molecule has 0 atom stereocenters. The molecular formula is C28H30N5O3. The van der Waals surface area contributed by atoms with Crippen LogP contribution in [0.1, 0.15) is 52.7 Å². The van der Waals surface area contributed by atoms with E-state index < -0.39 is 0 Å². The normalized spacial score (nSPS) is 13.6. The second kappa shape index (κ2) is 10.9. The number of carbonyl (C=O) groups excluding carboxylic acids is 1. The summed E-state index contributed by atoms with van der Waals surface area (Å²) in [5, 5.41) is 18.3. The van der Waals surface area contributed by atoms with Crippen LogP contribution in [-0.4, -0.2) is 23.6 Å². The van der Waals surface area contributed by atoms with Gasteiger partial charge in [-0.05, 0) is 99.2 Å². The molecule has 4 rings (SSSR count). The maximum Gasteiger partial charge on any atom is 0.251 e. The van der Waals surface area contributed by atoms with Gasteiger partial charge in [0.25, 0.3) is 5.91 Å². The Morgan fingerprint density at radius 2 is 1.42 bits per heavy atom. The van der Waals surface area contributed by atoms with Crippen LogP contribution in [0.4, 0.5) is 0 Å². The van der Waals surface area contributed by atoms with Crippen LogP contribution in [-0.2, 0) is 0 Å². The van der Waals surface area contributed by atoms with Gasteiger partial charge >= 0.3 is 0 Å². The molecule has 1 aliphatic rings. The summed E-state index contributed by atoms with van der Waals surface area (Å²) in [5.74, 6) is 1.73. The highest BCUT2D eigenvalue weighted by Gasteiger charge is 2.18. The van der Waals surface area contributed by atoms with Crippen LogP contribution in [0.25, 0.3) is 0 Å². The number of amidine groups is 2. The average Bonchev–Trinajstić information content (AvgIpc) is 2.84. The first-order chi connectivity index (χ1) is 17.3. The SMILES string of the molecule is Cc1cc(Oc2cc(Oc3ccc(C(=N)N)cc3)cc(C(=O)NC3CC[CH]CC3)c2)ccc1C(=N)N. The average molecular weight is 485 g/mol. The summed E-state index contributed by atoms with van der Waals surface area (Å²) in [6, 6.07) is 17.3. The van der Waals surface area contributed by atoms with Crippen molar-refractivity contribution in [2.24, 2.45) is 11.5 Å². The highest BCUT2D eigenvalue weighted by molar-refractivity contribution is 5.97. The molecule has 1 aliphatic carbocycles. The van der Waals surface area contributed by atoms with E-state index in [1.54, 1.807) is 60.7 Å². The number of hydrogen-bond acceptors (Lipinski definition) is 5. The first kappa shape index (κ1) is 24.8. The van der Waals surface area contributed by atoms with Gasteiger partial charge in [-0.1, -0.05) is 0 Å². The zero-order valence-electron chi connectivity index (χ0n) is 20.1. The van der Waals surface area contributed by atoms with E-state index in [4.69, 9.17) is 31.8 Å². The lowest BCUT2D eigenvalue weighted by atomic mass is 9.95. The fourth-order valence-electron chi connectivity index (χ4n) is 4.14. The fraction of sp³-hybridized carbons (Fsp3) is 0.214. The number of nitrogens with two attached hydrogens (primary N) is 2. The smallest absolute Gasteiger partial charge is 0.251 e. The van der Waals surface area contributed by atoms with Crippen molar-refractivity contribution < 1.29 is 14.3 Å². The van der Waals surface area contributed by atoms with Crippen LogP contribution < -0.4 is 26.3 Å². The molecule has 1 saturated carbocycles. The van der Waals surface area contributed by atoms with Gasteiger partial charge in [0.1, 0.15) is 34.7 Å². The number of nitrogen functional groups attached to an aromatic ring is 2. The predicted molar refractivity (Wildman–Crippen MR) is 140 cm³/mol. The summed E-state index contributed by atoms with van der Waals surface area (Å²) in [7, 11) is 0. The van der Waals surface area contributed by atoms with Crippen LogP contribution >= 0.6 is 0 Å². The van der Waals surface area contributed by atoms with Gasteiger partial charge in [0.05, 0.1) is 0 Å². The molecule has 0 aromatic heterocycles. The van der Waals surface area contributed by atoms with Crippen LogP contribution in [0.3, 0.4) is 0 Å². The Morgan fingerprint density at radius 1 is 0.806 bits per heavy atom. The summed E-state index contributed by atoms with van der Waals surface area (Å²) in [6.07, 6.45) is 6.09. The number of carbonyl (C=O) groups is 1. The zero-order valence-corrected chi connectivity index (χ0v) is 20.1. The molecule has 8 heteroatoms. The van der Waals surface area contributed by atoms with Crippen LogP contribution in [0, 0.1) is 24.2 Å². The van der Waals surface area contributed by atoms with E-state index in [9.17, 15) is 4.79 Å². The summed E-state index contributed by atoms with van der Waals surface area (Å²) in [4.78, 5) is 13.1. The second-order valence-corrected chi connectivity index (χ2v) is 8.84. The molecule has 0 bridgehead atoms. The van der Waals surface area contributed by atoms with Crippen molar-refractivity contribution in [2.75, 3.05) is 0 Å². The van der Waals surface area contributed by atoms with Crippen LogP contribution in [0.15, 0.2) is 60.7 Å². The van der Waals surface area contributed by atoms with E-state index in [-0.39, 0.29) is 23.6 Å². The molecule has 0 saturated heterocycles. The highest BCUT2D eigenvalue weighted by Crippen LogP contribution is 2.31. The van der Waals surface area contributed by atoms with Crippen molar-refractivity contribution in [1.82, 2.24) is 5.32 Å². The molecule has 3 aromatic carbocycles. The second-order valence-electron chi connectivity index (χ2n) is 8.84. The minimum Gasteiger partial charge on any atom is -0.457 e. The quantitative estimate of drug-likeness (QED) is 0.225. The molecule has 0 heterocycles. The fourth-order valence-corrected chi connectivity index (χ4v) is 4.14. The molecule has 36 heavy (non-hydrogen) atoms. The first-order valence-electron chi connectivity index (χ1n) is 11.8. The number of hydrogen-bond donors (Lipinski definition) is 5. The Hall–Kier alpha value is -4.33. The topological polar surface area (TPSA) is 147 Å². The Bertz CT molecular complexity index is 1280. The third-order valence-corrected chi connectivity index (χ3v) is 6.04. The maximum atomic E-state index is 13.1. The van der Waals surface area contributed by atoms with Crippen molar-refractivity contribution >= 4 is 17.6 Å². The van der Waals surface area contributed by atoms with E-state index in [1.165, 1.54) is 0 Å².